The maximum atomic E-state index is 12.3. The molecule has 3 rings (SSSR count). The topological polar surface area (TPSA) is 94.1 Å². The number of likely N-dealkylation sites (tertiary alicyclic amines) is 1. The minimum absolute atomic E-state index is 0.0707. The van der Waals surface area contributed by atoms with Gasteiger partial charge in [-0.3, -0.25) is 9.69 Å². The van der Waals surface area contributed by atoms with Crippen LogP contribution in [0.25, 0.3) is 0 Å². The number of nitrogens with zero attached hydrogens (tertiary/aromatic N) is 3. The molecule has 1 saturated heterocycles. The molecule has 3 N–H and O–H groups in total. The van der Waals surface area contributed by atoms with Gasteiger partial charge in [-0.1, -0.05) is 25.7 Å². The second-order valence-electron chi connectivity index (χ2n) is 6.96. The van der Waals surface area contributed by atoms with E-state index in [4.69, 9.17) is 0 Å². The first-order valence-corrected chi connectivity index (χ1v) is 8.76. The number of carbonyl (C=O) groups is 1. The molecule has 1 aliphatic carbocycles. The van der Waals surface area contributed by atoms with Crippen LogP contribution in [0.15, 0.2) is 6.20 Å². The molecule has 0 bridgehead atoms. The van der Waals surface area contributed by atoms with Crippen molar-refractivity contribution in [3.63, 3.8) is 0 Å². The Morgan fingerprint density at radius 2 is 2.13 bits per heavy atom. The summed E-state index contributed by atoms with van der Waals surface area (Å²) < 4.78 is 0. The van der Waals surface area contributed by atoms with Gasteiger partial charge in [-0.15, -0.1) is 0 Å². The summed E-state index contributed by atoms with van der Waals surface area (Å²) in [6.45, 7) is 1.60. The molecule has 23 heavy (non-hydrogen) atoms. The van der Waals surface area contributed by atoms with Crippen LogP contribution in [0.2, 0.25) is 0 Å². The van der Waals surface area contributed by atoms with Crippen LogP contribution in [0.5, 0.6) is 0 Å². The van der Waals surface area contributed by atoms with Gasteiger partial charge >= 0.3 is 0 Å². The van der Waals surface area contributed by atoms with Gasteiger partial charge in [0.25, 0.3) is 0 Å². The van der Waals surface area contributed by atoms with Crippen molar-refractivity contribution in [2.75, 3.05) is 19.6 Å². The zero-order valence-corrected chi connectivity index (χ0v) is 13.6. The van der Waals surface area contributed by atoms with E-state index >= 15 is 0 Å². The zero-order valence-electron chi connectivity index (χ0n) is 13.6. The van der Waals surface area contributed by atoms with E-state index < -0.39 is 5.60 Å². The maximum absolute atomic E-state index is 12.3. The third-order valence-corrected chi connectivity index (χ3v) is 5.03. The fourth-order valence-electron chi connectivity index (χ4n) is 3.79. The van der Waals surface area contributed by atoms with Gasteiger partial charge in [0.2, 0.25) is 5.91 Å². The summed E-state index contributed by atoms with van der Waals surface area (Å²) in [5.74, 6) is 0.0707. The lowest BCUT2D eigenvalue weighted by Gasteiger charge is -2.37. The molecule has 1 aliphatic heterocycles. The third kappa shape index (κ3) is 4.29. The molecule has 0 radical (unpaired) electrons. The van der Waals surface area contributed by atoms with Gasteiger partial charge in [0.15, 0.2) is 0 Å². The predicted octanol–water partition coefficient (Wildman–Crippen LogP) is 0.927. The van der Waals surface area contributed by atoms with Crippen LogP contribution in [-0.4, -0.2) is 57.0 Å². The third-order valence-electron chi connectivity index (χ3n) is 5.03. The maximum Gasteiger partial charge on any atom is 0.234 e. The number of rotatable bonds is 4. The fourth-order valence-corrected chi connectivity index (χ4v) is 3.79. The number of H-pyrrole nitrogens is 1. The van der Waals surface area contributed by atoms with Crippen LogP contribution in [-0.2, 0) is 10.4 Å². The summed E-state index contributed by atoms with van der Waals surface area (Å²) in [6, 6.07) is 0.323. The number of hydrogen-bond donors (Lipinski definition) is 3. The van der Waals surface area contributed by atoms with E-state index in [1.807, 2.05) is 4.90 Å². The summed E-state index contributed by atoms with van der Waals surface area (Å²) >= 11 is 0. The van der Waals surface area contributed by atoms with Crippen LogP contribution in [0.3, 0.4) is 0 Å². The Balaban J connectivity index is 1.52. The van der Waals surface area contributed by atoms with Gasteiger partial charge in [-0.05, 0) is 32.2 Å². The molecule has 2 aliphatic rings. The number of hydrogen-bond acceptors (Lipinski definition) is 5. The van der Waals surface area contributed by atoms with E-state index in [1.54, 1.807) is 6.20 Å². The van der Waals surface area contributed by atoms with Crippen LogP contribution in [0.4, 0.5) is 0 Å². The van der Waals surface area contributed by atoms with Crippen molar-refractivity contribution in [1.82, 2.24) is 25.6 Å². The Labute approximate surface area is 136 Å². The molecule has 0 aromatic carbocycles. The number of aromatic nitrogens is 3. The van der Waals surface area contributed by atoms with Gasteiger partial charge in [0.1, 0.15) is 11.3 Å². The number of amides is 1. The largest absolute Gasteiger partial charge is 0.382 e. The molecule has 1 aromatic heterocycles. The molecule has 128 valence electrons. The van der Waals surface area contributed by atoms with Gasteiger partial charge in [-0.2, -0.15) is 15.4 Å². The Bertz CT molecular complexity index is 499. The lowest BCUT2D eigenvalue weighted by Crippen LogP contribution is -2.50. The molecular weight excluding hydrogens is 294 g/mol. The van der Waals surface area contributed by atoms with E-state index in [9.17, 15) is 9.90 Å². The molecule has 2 fully saturated rings. The van der Waals surface area contributed by atoms with Crippen molar-refractivity contribution in [2.24, 2.45) is 0 Å². The predicted molar refractivity (Wildman–Crippen MR) is 85.6 cm³/mol. The molecule has 0 unspecified atom stereocenters. The van der Waals surface area contributed by atoms with Crippen LogP contribution in [0, 0.1) is 0 Å². The van der Waals surface area contributed by atoms with Crippen LogP contribution >= 0.6 is 0 Å². The Morgan fingerprint density at radius 3 is 2.83 bits per heavy atom. The molecule has 1 saturated carbocycles. The molecule has 2 heterocycles. The van der Waals surface area contributed by atoms with Crippen molar-refractivity contribution in [3.05, 3.63) is 11.9 Å². The lowest BCUT2D eigenvalue weighted by atomic mass is 9.90. The van der Waals surface area contributed by atoms with E-state index in [0.717, 1.165) is 25.8 Å². The lowest BCUT2D eigenvalue weighted by molar-refractivity contribution is -0.125. The highest BCUT2D eigenvalue weighted by atomic mass is 16.3. The number of aliphatic hydroxyl groups is 1. The smallest absolute Gasteiger partial charge is 0.234 e. The van der Waals surface area contributed by atoms with E-state index in [0.29, 0.717) is 31.2 Å². The molecule has 0 spiro atoms. The molecule has 7 heteroatoms. The first kappa shape index (κ1) is 16.4. The monoisotopic (exact) mass is 321 g/mol. The summed E-state index contributed by atoms with van der Waals surface area (Å²) in [4.78, 5) is 14.3. The standard InChI is InChI=1S/C16H27N5O2/c22-15(18-13-6-3-1-2-4-7-13)11-21-9-5-8-16(23,12-21)14-10-17-20-19-14/h10,13,23H,1-9,11-12H2,(H,18,22)(H,17,19,20)/t16-/m1/s1. The van der Waals surface area contributed by atoms with E-state index in [-0.39, 0.29) is 5.91 Å². The van der Waals surface area contributed by atoms with Crippen molar-refractivity contribution in [3.8, 4) is 0 Å². The van der Waals surface area contributed by atoms with E-state index in [1.165, 1.54) is 25.7 Å². The summed E-state index contributed by atoms with van der Waals surface area (Å²) in [5, 5.41) is 24.3. The van der Waals surface area contributed by atoms with Crippen molar-refractivity contribution in [2.45, 2.75) is 63.0 Å². The highest BCUT2D eigenvalue weighted by molar-refractivity contribution is 5.78. The summed E-state index contributed by atoms with van der Waals surface area (Å²) in [7, 11) is 0. The number of carbonyl (C=O) groups excluding carboxylic acids is 1. The minimum atomic E-state index is -1.01. The average Bonchev–Trinajstić information content (AvgIpc) is 2.95. The van der Waals surface area contributed by atoms with Crippen molar-refractivity contribution < 1.29 is 9.90 Å². The number of piperidine rings is 1. The zero-order chi connectivity index (χ0) is 16.1. The second-order valence-corrected chi connectivity index (χ2v) is 6.96. The number of aromatic amines is 1. The SMILES string of the molecule is O=C(CN1CCC[C@](O)(c2cn[nH]n2)C1)NC1CCCCCC1. The van der Waals surface area contributed by atoms with Crippen LogP contribution < -0.4 is 5.32 Å². The summed E-state index contributed by atoms with van der Waals surface area (Å²) in [5.41, 5.74) is -0.445. The second kappa shape index (κ2) is 7.40. The molecule has 1 aromatic rings. The van der Waals surface area contributed by atoms with Gasteiger partial charge < -0.3 is 10.4 Å². The van der Waals surface area contributed by atoms with Crippen molar-refractivity contribution >= 4 is 5.91 Å². The molecule has 7 nitrogen and oxygen atoms in total. The highest BCUT2D eigenvalue weighted by Crippen LogP contribution is 2.29. The van der Waals surface area contributed by atoms with Gasteiger partial charge in [-0.25, -0.2) is 0 Å². The molecule has 1 amide bonds. The Hall–Kier alpha value is -1.47. The number of β-amino-alcohol motifs (C(OH)–C–C–N with tert-alkyl or cyclic N) is 1. The number of nitrogens with one attached hydrogen (secondary N) is 2. The fraction of sp³-hybridized carbons (Fsp3) is 0.812. The van der Waals surface area contributed by atoms with E-state index in [2.05, 4.69) is 20.7 Å². The highest BCUT2D eigenvalue weighted by Gasteiger charge is 2.37. The Kier molecular flexibility index (Phi) is 5.27. The summed E-state index contributed by atoms with van der Waals surface area (Å²) in [6.07, 6.45) is 10.2. The van der Waals surface area contributed by atoms with Gasteiger partial charge in [0.05, 0.1) is 12.7 Å². The van der Waals surface area contributed by atoms with Crippen LogP contribution in [0.1, 0.15) is 57.1 Å². The minimum Gasteiger partial charge on any atom is -0.382 e. The normalized spacial score (nSPS) is 27.5. The first-order valence-electron chi connectivity index (χ1n) is 8.76. The Morgan fingerprint density at radius 1 is 1.35 bits per heavy atom. The van der Waals surface area contributed by atoms with Gasteiger partial charge in [0, 0.05) is 12.6 Å². The average molecular weight is 321 g/mol. The molecular formula is C16H27N5O2. The van der Waals surface area contributed by atoms with Crippen molar-refractivity contribution in [1.29, 1.82) is 0 Å². The first-order chi connectivity index (χ1) is 11.2. The molecule has 1 atom stereocenters. The quantitative estimate of drug-likeness (QED) is 0.717.